The zero-order valence-electron chi connectivity index (χ0n) is 12.8. The molecule has 2 heterocycles. The van der Waals surface area contributed by atoms with Crippen LogP contribution in [0.15, 0.2) is 24.3 Å². The van der Waals surface area contributed by atoms with Crippen molar-refractivity contribution in [2.45, 2.75) is 6.04 Å². The molecule has 1 N–H and O–H groups in total. The molecule has 116 valence electrons. The van der Waals surface area contributed by atoms with Gasteiger partial charge in [0.1, 0.15) is 5.75 Å². The number of nitrogens with zero attached hydrogens (tertiary/aromatic N) is 2. The van der Waals surface area contributed by atoms with Crippen LogP contribution in [0.2, 0.25) is 0 Å². The van der Waals surface area contributed by atoms with Crippen LogP contribution in [0.25, 0.3) is 0 Å². The van der Waals surface area contributed by atoms with E-state index in [1.54, 1.807) is 7.11 Å². The monoisotopic (exact) mass is 307 g/mol. The van der Waals surface area contributed by atoms with E-state index in [4.69, 9.17) is 4.74 Å². The van der Waals surface area contributed by atoms with E-state index in [2.05, 4.69) is 45.1 Å². The minimum Gasteiger partial charge on any atom is -0.497 e. The largest absolute Gasteiger partial charge is 0.497 e. The smallest absolute Gasteiger partial charge is 0.120 e. The number of benzene rings is 1. The van der Waals surface area contributed by atoms with Crippen molar-refractivity contribution in [1.29, 1.82) is 0 Å². The number of ether oxygens (including phenoxy) is 1. The molecule has 4 nitrogen and oxygen atoms in total. The predicted molar refractivity (Wildman–Crippen MR) is 90.8 cm³/mol. The van der Waals surface area contributed by atoms with Crippen molar-refractivity contribution in [2.24, 2.45) is 0 Å². The van der Waals surface area contributed by atoms with Gasteiger partial charge in [0.2, 0.25) is 0 Å². The van der Waals surface area contributed by atoms with E-state index in [1.807, 2.05) is 6.07 Å². The molecule has 0 bridgehead atoms. The number of hydrogen-bond acceptors (Lipinski definition) is 5. The number of hydrogen-bond donors (Lipinski definition) is 1. The molecule has 2 fully saturated rings. The summed E-state index contributed by atoms with van der Waals surface area (Å²) in [4.78, 5) is 5.06. The molecule has 2 aliphatic heterocycles. The maximum Gasteiger partial charge on any atom is 0.120 e. The van der Waals surface area contributed by atoms with Crippen LogP contribution in [0, 0.1) is 0 Å². The summed E-state index contributed by atoms with van der Waals surface area (Å²) in [5.41, 5.74) is 1.28. The second-order valence-electron chi connectivity index (χ2n) is 5.72. The van der Waals surface area contributed by atoms with Crippen molar-refractivity contribution in [2.75, 3.05) is 62.8 Å². The standard InChI is InChI=1S/C16H25N3OS/c1-20-16-4-2-3-15(11-16)19-8-6-18(7-9-19)12-14-13-21-10-5-17-14/h2-4,11,14,17H,5-10,12-13H2,1H3. The van der Waals surface area contributed by atoms with E-state index in [0.29, 0.717) is 6.04 Å². The summed E-state index contributed by atoms with van der Waals surface area (Å²) in [7, 11) is 1.73. The van der Waals surface area contributed by atoms with Gasteiger partial charge >= 0.3 is 0 Å². The molecule has 2 saturated heterocycles. The summed E-state index contributed by atoms with van der Waals surface area (Å²) in [5.74, 6) is 3.47. The first-order chi connectivity index (χ1) is 10.3. The van der Waals surface area contributed by atoms with E-state index < -0.39 is 0 Å². The maximum absolute atomic E-state index is 5.32. The van der Waals surface area contributed by atoms with Crippen LogP contribution in [0.3, 0.4) is 0 Å². The van der Waals surface area contributed by atoms with Crippen LogP contribution >= 0.6 is 11.8 Å². The van der Waals surface area contributed by atoms with Gasteiger partial charge in [0.25, 0.3) is 0 Å². The lowest BCUT2D eigenvalue weighted by Gasteiger charge is -2.38. The lowest BCUT2D eigenvalue weighted by atomic mass is 10.2. The zero-order chi connectivity index (χ0) is 14.5. The molecule has 0 aromatic heterocycles. The topological polar surface area (TPSA) is 27.7 Å². The normalized spacial score (nSPS) is 24.0. The first-order valence-electron chi connectivity index (χ1n) is 7.77. The summed E-state index contributed by atoms with van der Waals surface area (Å²) in [6, 6.07) is 9.06. The van der Waals surface area contributed by atoms with Crippen LogP contribution in [0.1, 0.15) is 0 Å². The van der Waals surface area contributed by atoms with Crippen LogP contribution in [0.4, 0.5) is 5.69 Å². The molecule has 3 rings (SSSR count). The molecule has 0 radical (unpaired) electrons. The highest BCUT2D eigenvalue weighted by Gasteiger charge is 2.21. The Morgan fingerprint density at radius 2 is 2.14 bits per heavy atom. The van der Waals surface area contributed by atoms with Crippen molar-refractivity contribution in [3.8, 4) is 5.75 Å². The molecule has 0 spiro atoms. The third-order valence-corrected chi connectivity index (χ3v) is 5.40. The molecular formula is C16H25N3OS. The molecule has 1 aromatic carbocycles. The SMILES string of the molecule is COc1cccc(N2CCN(CC3CSCCN3)CC2)c1. The molecular weight excluding hydrogens is 282 g/mol. The summed E-state index contributed by atoms with van der Waals surface area (Å²) in [6.07, 6.45) is 0. The Labute approximate surface area is 131 Å². The number of methoxy groups -OCH3 is 1. The van der Waals surface area contributed by atoms with Crippen molar-refractivity contribution in [1.82, 2.24) is 10.2 Å². The molecule has 21 heavy (non-hydrogen) atoms. The van der Waals surface area contributed by atoms with Gasteiger partial charge in [-0.15, -0.1) is 0 Å². The lowest BCUT2D eigenvalue weighted by Crippen LogP contribution is -2.52. The molecule has 0 aliphatic carbocycles. The third kappa shape index (κ3) is 4.05. The van der Waals surface area contributed by atoms with Crippen LogP contribution in [0.5, 0.6) is 5.75 Å². The van der Waals surface area contributed by atoms with Gasteiger partial charge in [0.05, 0.1) is 7.11 Å². The molecule has 1 atom stereocenters. The summed E-state index contributed by atoms with van der Waals surface area (Å²) in [6.45, 7) is 6.87. The Morgan fingerprint density at radius 3 is 2.86 bits per heavy atom. The summed E-state index contributed by atoms with van der Waals surface area (Å²) >= 11 is 2.08. The lowest BCUT2D eigenvalue weighted by molar-refractivity contribution is 0.235. The van der Waals surface area contributed by atoms with Crippen LogP contribution < -0.4 is 15.0 Å². The Bertz CT molecular complexity index is 443. The minimum absolute atomic E-state index is 0.673. The first kappa shape index (κ1) is 15.0. The second-order valence-corrected chi connectivity index (χ2v) is 6.86. The number of thioether (sulfide) groups is 1. The van der Waals surface area contributed by atoms with Gasteiger partial charge in [-0.2, -0.15) is 11.8 Å². The number of piperazine rings is 1. The van der Waals surface area contributed by atoms with Gasteiger partial charge in [0.15, 0.2) is 0 Å². The van der Waals surface area contributed by atoms with Gasteiger partial charge in [-0.25, -0.2) is 0 Å². The molecule has 0 saturated carbocycles. The van der Waals surface area contributed by atoms with E-state index in [0.717, 1.165) is 31.9 Å². The molecule has 2 aliphatic rings. The average molecular weight is 307 g/mol. The highest BCUT2D eigenvalue weighted by Crippen LogP contribution is 2.22. The van der Waals surface area contributed by atoms with Gasteiger partial charge < -0.3 is 15.0 Å². The summed E-state index contributed by atoms with van der Waals surface area (Å²) < 4.78 is 5.32. The van der Waals surface area contributed by atoms with E-state index in [9.17, 15) is 0 Å². The molecule has 1 aromatic rings. The van der Waals surface area contributed by atoms with Gasteiger partial charge in [-0.05, 0) is 12.1 Å². The quantitative estimate of drug-likeness (QED) is 0.910. The van der Waals surface area contributed by atoms with Crippen LogP contribution in [-0.2, 0) is 0 Å². The maximum atomic E-state index is 5.32. The number of rotatable bonds is 4. The van der Waals surface area contributed by atoms with E-state index in [-0.39, 0.29) is 0 Å². The fourth-order valence-corrected chi connectivity index (χ4v) is 3.98. The predicted octanol–water partition coefficient (Wildman–Crippen LogP) is 1.52. The Kier molecular flexibility index (Phi) is 5.27. The number of nitrogens with one attached hydrogen (secondary N) is 1. The fourth-order valence-electron chi connectivity index (χ4n) is 3.04. The Balaban J connectivity index is 1.50. The van der Waals surface area contributed by atoms with Crippen molar-refractivity contribution >= 4 is 17.4 Å². The summed E-state index contributed by atoms with van der Waals surface area (Å²) in [5, 5.41) is 3.63. The van der Waals surface area contributed by atoms with Crippen molar-refractivity contribution < 1.29 is 4.74 Å². The van der Waals surface area contributed by atoms with E-state index in [1.165, 1.54) is 30.3 Å². The Morgan fingerprint density at radius 1 is 1.29 bits per heavy atom. The van der Waals surface area contributed by atoms with Gasteiger partial charge in [0, 0.05) is 68.6 Å². The number of anilines is 1. The second kappa shape index (κ2) is 7.38. The third-order valence-electron chi connectivity index (χ3n) is 4.27. The fraction of sp³-hybridized carbons (Fsp3) is 0.625. The van der Waals surface area contributed by atoms with Gasteiger partial charge in [-0.3, -0.25) is 4.90 Å². The highest BCUT2D eigenvalue weighted by molar-refractivity contribution is 7.99. The Hall–Kier alpha value is -0.910. The van der Waals surface area contributed by atoms with Gasteiger partial charge in [-0.1, -0.05) is 6.07 Å². The van der Waals surface area contributed by atoms with Crippen molar-refractivity contribution in [3.05, 3.63) is 24.3 Å². The molecule has 0 amide bonds. The van der Waals surface area contributed by atoms with E-state index >= 15 is 0 Å². The first-order valence-corrected chi connectivity index (χ1v) is 8.93. The minimum atomic E-state index is 0.673. The highest BCUT2D eigenvalue weighted by atomic mass is 32.2. The zero-order valence-corrected chi connectivity index (χ0v) is 13.6. The van der Waals surface area contributed by atoms with Crippen molar-refractivity contribution in [3.63, 3.8) is 0 Å². The average Bonchev–Trinajstić information content (AvgIpc) is 2.56. The molecule has 5 heteroatoms. The van der Waals surface area contributed by atoms with Crippen LogP contribution in [-0.4, -0.2) is 68.8 Å². The molecule has 1 unspecified atom stereocenters.